The van der Waals surface area contributed by atoms with E-state index in [1.54, 1.807) is 18.2 Å². The van der Waals surface area contributed by atoms with Gasteiger partial charge in [0.05, 0.1) is 24.5 Å². The third-order valence-corrected chi connectivity index (χ3v) is 4.41. The van der Waals surface area contributed by atoms with Crippen LogP contribution in [0.3, 0.4) is 0 Å². The third-order valence-electron chi connectivity index (χ3n) is 3.35. The second kappa shape index (κ2) is 7.02. The van der Waals surface area contributed by atoms with E-state index in [2.05, 4.69) is 9.62 Å². The highest BCUT2D eigenvalue weighted by molar-refractivity contribution is 7.88. The van der Waals surface area contributed by atoms with Crippen LogP contribution >= 0.6 is 0 Å². The lowest BCUT2D eigenvalue weighted by Gasteiger charge is -2.12. The molecule has 6 nitrogen and oxygen atoms in total. The molecule has 1 aromatic rings. The van der Waals surface area contributed by atoms with Gasteiger partial charge in [0.25, 0.3) is 0 Å². The second-order valence-corrected chi connectivity index (χ2v) is 6.74. The van der Waals surface area contributed by atoms with Crippen LogP contribution in [0.25, 0.3) is 0 Å². The first-order chi connectivity index (χ1) is 10.00. The summed E-state index contributed by atoms with van der Waals surface area (Å²) in [5.74, 6) is -0.741. The average Bonchev–Trinajstić information content (AvgIpc) is 2.97. The Kier molecular flexibility index (Phi) is 5.33. The standard InChI is InChI=1S/C14H19NO5S/c1-19-14(16)12-6-4-5-11(9-12)10-21(17,18)15-20-13-7-2-3-8-13/h4-6,9,13,15H,2-3,7-8,10H2,1H3. The Morgan fingerprint density at radius 2 is 2.05 bits per heavy atom. The molecule has 21 heavy (non-hydrogen) atoms. The molecule has 0 bridgehead atoms. The van der Waals surface area contributed by atoms with Gasteiger partial charge in [-0.05, 0) is 30.5 Å². The molecule has 0 radical (unpaired) electrons. The molecule has 1 N–H and O–H groups in total. The Bertz CT molecular complexity index is 593. The van der Waals surface area contributed by atoms with Gasteiger partial charge in [-0.15, -0.1) is 0 Å². The van der Waals surface area contributed by atoms with E-state index in [-0.39, 0.29) is 11.9 Å². The van der Waals surface area contributed by atoms with Gasteiger partial charge in [-0.25, -0.2) is 13.2 Å². The smallest absolute Gasteiger partial charge is 0.337 e. The zero-order valence-electron chi connectivity index (χ0n) is 11.9. The highest BCUT2D eigenvalue weighted by Gasteiger charge is 2.20. The van der Waals surface area contributed by atoms with Crippen LogP contribution in [0.1, 0.15) is 41.6 Å². The van der Waals surface area contributed by atoms with Crippen LogP contribution in [0.2, 0.25) is 0 Å². The van der Waals surface area contributed by atoms with Gasteiger partial charge in [0, 0.05) is 0 Å². The average molecular weight is 313 g/mol. The van der Waals surface area contributed by atoms with Crippen LogP contribution in [0, 0.1) is 0 Å². The summed E-state index contributed by atoms with van der Waals surface area (Å²) in [5, 5.41) is 0. The molecule has 1 aromatic carbocycles. The molecule has 2 rings (SSSR count). The summed E-state index contributed by atoms with van der Waals surface area (Å²) in [6.07, 6.45) is 3.84. The Balaban J connectivity index is 1.97. The summed E-state index contributed by atoms with van der Waals surface area (Å²) in [7, 11) is -2.32. The lowest BCUT2D eigenvalue weighted by Crippen LogP contribution is -2.29. The Morgan fingerprint density at radius 1 is 1.33 bits per heavy atom. The van der Waals surface area contributed by atoms with Crippen molar-refractivity contribution in [3.05, 3.63) is 35.4 Å². The van der Waals surface area contributed by atoms with E-state index < -0.39 is 16.0 Å². The lowest BCUT2D eigenvalue weighted by atomic mass is 10.1. The first-order valence-electron chi connectivity index (χ1n) is 6.82. The highest BCUT2D eigenvalue weighted by Crippen LogP contribution is 2.20. The fraction of sp³-hybridized carbons (Fsp3) is 0.500. The molecule has 116 valence electrons. The lowest BCUT2D eigenvalue weighted by molar-refractivity contribution is 0.0222. The summed E-state index contributed by atoms with van der Waals surface area (Å²) in [6.45, 7) is 0. The zero-order chi connectivity index (χ0) is 15.3. The fourth-order valence-corrected chi connectivity index (χ4v) is 3.26. The quantitative estimate of drug-likeness (QED) is 0.639. The molecule has 1 saturated carbocycles. The first-order valence-corrected chi connectivity index (χ1v) is 8.48. The van der Waals surface area contributed by atoms with Gasteiger partial charge in [-0.3, -0.25) is 4.84 Å². The predicted octanol–water partition coefficient (Wildman–Crippen LogP) is 1.77. The number of sulfonamides is 1. The van der Waals surface area contributed by atoms with E-state index in [1.807, 2.05) is 0 Å². The van der Waals surface area contributed by atoms with Gasteiger partial charge >= 0.3 is 5.97 Å². The SMILES string of the molecule is COC(=O)c1cccc(CS(=O)(=O)NOC2CCCC2)c1. The van der Waals surface area contributed by atoms with Gasteiger partial charge < -0.3 is 4.74 Å². The topological polar surface area (TPSA) is 81.7 Å². The van der Waals surface area contributed by atoms with Crippen LogP contribution in [0.15, 0.2) is 24.3 Å². The van der Waals surface area contributed by atoms with E-state index in [4.69, 9.17) is 4.84 Å². The van der Waals surface area contributed by atoms with Crippen molar-refractivity contribution in [1.82, 2.24) is 4.89 Å². The molecule has 1 fully saturated rings. The van der Waals surface area contributed by atoms with E-state index in [9.17, 15) is 13.2 Å². The summed E-state index contributed by atoms with van der Waals surface area (Å²) in [5.41, 5.74) is 0.822. The normalized spacial score (nSPS) is 16.0. The fourth-order valence-electron chi connectivity index (χ4n) is 2.30. The molecule has 0 amide bonds. The van der Waals surface area contributed by atoms with Gasteiger partial charge in [0.1, 0.15) is 0 Å². The van der Waals surface area contributed by atoms with E-state index >= 15 is 0 Å². The molecule has 7 heteroatoms. The number of hydrogen-bond acceptors (Lipinski definition) is 5. The number of hydrogen-bond donors (Lipinski definition) is 1. The number of carbonyl (C=O) groups is 1. The monoisotopic (exact) mass is 313 g/mol. The molecule has 0 atom stereocenters. The van der Waals surface area contributed by atoms with E-state index in [0.29, 0.717) is 11.1 Å². The highest BCUT2D eigenvalue weighted by atomic mass is 32.2. The maximum atomic E-state index is 12.0. The van der Waals surface area contributed by atoms with Crippen LogP contribution in [0.4, 0.5) is 0 Å². The maximum absolute atomic E-state index is 12.0. The van der Waals surface area contributed by atoms with E-state index in [1.165, 1.54) is 13.2 Å². The zero-order valence-corrected chi connectivity index (χ0v) is 12.7. The summed E-state index contributed by atoms with van der Waals surface area (Å²) < 4.78 is 28.5. The van der Waals surface area contributed by atoms with Crippen molar-refractivity contribution in [2.24, 2.45) is 0 Å². The van der Waals surface area contributed by atoms with Gasteiger partial charge in [-0.1, -0.05) is 29.9 Å². The third kappa shape index (κ3) is 4.80. The molecular formula is C14H19NO5S. The molecule has 0 unspecified atom stereocenters. The minimum Gasteiger partial charge on any atom is -0.465 e. The van der Waals surface area contributed by atoms with Crippen molar-refractivity contribution in [2.45, 2.75) is 37.5 Å². The second-order valence-electron chi connectivity index (χ2n) is 5.06. The predicted molar refractivity (Wildman–Crippen MR) is 76.9 cm³/mol. The number of benzene rings is 1. The number of carbonyl (C=O) groups excluding carboxylic acids is 1. The minimum absolute atomic E-state index is 0.0406. The molecular weight excluding hydrogens is 294 g/mol. The maximum Gasteiger partial charge on any atom is 0.337 e. The van der Waals surface area contributed by atoms with Crippen molar-refractivity contribution in [1.29, 1.82) is 0 Å². The molecule has 0 spiro atoms. The van der Waals surface area contributed by atoms with Crippen LogP contribution in [-0.4, -0.2) is 27.6 Å². The molecule has 0 heterocycles. The van der Waals surface area contributed by atoms with Gasteiger partial charge in [0.2, 0.25) is 10.0 Å². The van der Waals surface area contributed by atoms with Crippen molar-refractivity contribution in [2.75, 3.05) is 7.11 Å². The number of ether oxygens (including phenoxy) is 1. The van der Waals surface area contributed by atoms with Gasteiger partial charge in [0.15, 0.2) is 0 Å². The summed E-state index contributed by atoms with van der Waals surface area (Å²) in [6, 6.07) is 6.33. The van der Waals surface area contributed by atoms with Crippen LogP contribution in [0.5, 0.6) is 0 Å². The Hall–Kier alpha value is -1.44. The molecule has 0 saturated heterocycles. The number of esters is 1. The number of rotatable bonds is 6. The largest absolute Gasteiger partial charge is 0.465 e. The number of nitrogens with one attached hydrogen (secondary N) is 1. The van der Waals surface area contributed by atoms with Crippen molar-refractivity contribution >= 4 is 16.0 Å². The molecule has 1 aliphatic rings. The Labute approximate surface area is 124 Å². The van der Waals surface area contributed by atoms with Crippen molar-refractivity contribution < 1.29 is 22.8 Å². The molecule has 0 aliphatic heterocycles. The number of methoxy groups -OCH3 is 1. The Morgan fingerprint density at radius 3 is 2.71 bits per heavy atom. The van der Waals surface area contributed by atoms with Crippen molar-refractivity contribution in [3.63, 3.8) is 0 Å². The summed E-state index contributed by atoms with van der Waals surface area (Å²) >= 11 is 0. The van der Waals surface area contributed by atoms with Gasteiger partial charge in [-0.2, -0.15) is 0 Å². The minimum atomic E-state index is -3.60. The van der Waals surface area contributed by atoms with Crippen LogP contribution < -0.4 is 4.89 Å². The van der Waals surface area contributed by atoms with Crippen LogP contribution in [-0.2, 0) is 25.4 Å². The first kappa shape index (κ1) is 15.9. The van der Waals surface area contributed by atoms with E-state index in [0.717, 1.165) is 25.7 Å². The van der Waals surface area contributed by atoms with Crippen molar-refractivity contribution in [3.8, 4) is 0 Å². The molecule has 0 aromatic heterocycles. The molecule has 1 aliphatic carbocycles. The summed E-state index contributed by atoms with van der Waals surface area (Å²) in [4.78, 5) is 18.8.